The monoisotopic (exact) mass is 257 g/mol. The van der Waals surface area contributed by atoms with Crippen LogP contribution in [-0.4, -0.2) is 0 Å². The number of hydrogen-bond donors (Lipinski definition) is 0. The van der Waals surface area contributed by atoms with Crippen molar-refractivity contribution < 1.29 is 0 Å². The van der Waals surface area contributed by atoms with Gasteiger partial charge in [0.1, 0.15) is 0 Å². The number of benzene rings is 3. The van der Waals surface area contributed by atoms with Gasteiger partial charge in [0.05, 0.1) is 12.0 Å². The van der Waals surface area contributed by atoms with Crippen LogP contribution in [0.3, 0.4) is 0 Å². The van der Waals surface area contributed by atoms with Crippen molar-refractivity contribution in [3.63, 3.8) is 0 Å². The fourth-order valence-corrected chi connectivity index (χ4v) is 2.63. The van der Waals surface area contributed by atoms with Gasteiger partial charge in [0.2, 0.25) is 0 Å². The minimum atomic E-state index is -0.108. The molecule has 3 rings (SSSR count). The molecule has 0 bridgehead atoms. The van der Waals surface area contributed by atoms with Gasteiger partial charge >= 0.3 is 0 Å². The zero-order valence-corrected chi connectivity index (χ0v) is 11.2. The van der Waals surface area contributed by atoms with Gasteiger partial charge in [-0.15, -0.1) is 0 Å². The quantitative estimate of drug-likeness (QED) is 0.667. The molecule has 20 heavy (non-hydrogen) atoms. The van der Waals surface area contributed by atoms with Crippen LogP contribution in [0.2, 0.25) is 0 Å². The topological polar surface area (TPSA) is 23.8 Å². The Labute approximate surface area is 119 Å². The predicted molar refractivity (Wildman–Crippen MR) is 82.4 cm³/mol. The molecule has 0 saturated carbocycles. The standard InChI is InChI=1S/C19H15N/c20-14-17(13-15-7-2-1-3-8-15)19-12-6-10-16-9-4-5-11-18(16)19/h1-12,17H,13H2/t17-/m0/s1. The largest absolute Gasteiger partial charge is 0.198 e. The average Bonchev–Trinajstić information content (AvgIpc) is 2.53. The third-order valence-electron chi connectivity index (χ3n) is 3.64. The van der Waals surface area contributed by atoms with Crippen molar-refractivity contribution in [2.45, 2.75) is 12.3 Å². The fourth-order valence-electron chi connectivity index (χ4n) is 2.63. The molecule has 0 radical (unpaired) electrons. The summed E-state index contributed by atoms with van der Waals surface area (Å²) >= 11 is 0. The molecule has 0 saturated heterocycles. The van der Waals surface area contributed by atoms with E-state index in [1.54, 1.807) is 0 Å². The minimum absolute atomic E-state index is 0.108. The van der Waals surface area contributed by atoms with Gasteiger partial charge in [-0.3, -0.25) is 0 Å². The summed E-state index contributed by atoms with van der Waals surface area (Å²) in [4.78, 5) is 0. The average molecular weight is 257 g/mol. The number of nitrogens with zero attached hydrogens (tertiary/aromatic N) is 1. The first-order valence-electron chi connectivity index (χ1n) is 6.79. The van der Waals surface area contributed by atoms with E-state index in [2.05, 4.69) is 42.5 Å². The minimum Gasteiger partial charge on any atom is -0.198 e. The van der Waals surface area contributed by atoms with Gasteiger partial charge in [-0.25, -0.2) is 0 Å². The molecule has 3 aromatic carbocycles. The van der Waals surface area contributed by atoms with E-state index >= 15 is 0 Å². The Morgan fingerprint density at radius 1 is 0.800 bits per heavy atom. The Balaban J connectivity index is 2.02. The van der Waals surface area contributed by atoms with Crippen LogP contribution in [0, 0.1) is 11.3 Å². The number of rotatable bonds is 3. The molecule has 0 fully saturated rings. The van der Waals surface area contributed by atoms with Crippen molar-refractivity contribution in [3.05, 3.63) is 83.9 Å². The number of nitriles is 1. The van der Waals surface area contributed by atoms with E-state index in [0.717, 1.165) is 12.0 Å². The highest BCUT2D eigenvalue weighted by Gasteiger charge is 2.14. The maximum atomic E-state index is 9.55. The van der Waals surface area contributed by atoms with Crippen LogP contribution in [0.1, 0.15) is 17.0 Å². The van der Waals surface area contributed by atoms with Gasteiger partial charge in [-0.2, -0.15) is 5.26 Å². The summed E-state index contributed by atoms with van der Waals surface area (Å²) in [5.74, 6) is -0.108. The van der Waals surface area contributed by atoms with E-state index in [1.807, 2.05) is 36.4 Å². The highest BCUT2D eigenvalue weighted by atomic mass is 14.3. The number of fused-ring (bicyclic) bond motifs is 1. The Morgan fingerprint density at radius 3 is 2.30 bits per heavy atom. The van der Waals surface area contributed by atoms with Crippen molar-refractivity contribution in [2.24, 2.45) is 0 Å². The summed E-state index contributed by atoms with van der Waals surface area (Å²) in [5, 5.41) is 11.9. The maximum Gasteiger partial charge on any atom is 0.0759 e. The van der Waals surface area contributed by atoms with Crippen molar-refractivity contribution in [2.75, 3.05) is 0 Å². The second kappa shape index (κ2) is 5.59. The van der Waals surface area contributed by atoms with Gasteiger partial charge in [0, 0.05) is 0 Å². The number of hydrogen-bond acceptors (Lipinski definition) is 1. The molecule has 1 atom stereocenters. The van der Waals surface area contributed by atoms with Gasteiger partial charge < -0.3 is 0 Å². The van der Waals surface area contributed by atoms with Crippen LogP contribution < -0.4 is 0 Å². The van der Waals surface area contributed by atoms with E-state index in [0.29, 0.717) is 0 Å². The SMILES string of the molecule is N#C[C@H](Cc1ccccc1)c1cccc2ccccc12. The van der Waals surface area contributed by atoms with Gasteiger partial charge in [-0.05, 0) is 28.3 Å². The smallest absolute Gasteiger partial charge is 0.0759 e. The van der Waals surface area contributed by atoms with Crippen LogP contribution >= 0.6 is 0 Å². The molecule has 0 spiro atoms. The lowest BCUT2D eigenvalue weighted by Gasteiger charge is -2.12. The van der Waals surface area contributed by atoms with Crippen LogP contribution in [0.25, 0.3) is 10.8 Å². The zero-order chi connectivity index (χ0) is 13.8. The summed E-state index contributed by atoms with van der Waals surface area (Å²) in [7, 11) is 0. The van der Waals surface area contributed by atoms with Crippen molar-refractivity contribution in [1.29, 1.82) is 5.26 Å². The van der Waals surface area contributed by atoms with E-state index in [9.17, 15) is 5.26 Å². The first-order chi connectivity index (χ1) is 9.88. The Bertz CT molecular complexity index is 748. The van der Waals surface area contributed by atoms with Crippen LogP contribution in [0.5, 0.6) is 0 Å². The Hall–Kier alpha value is -2.59. The Kier molecular flexibility index (Phi) is 3.48. The predicted octanol–water partition coefficient (Wildman–Crippen LogP) is 4.69. The van der Waals surface area contributed by atoms with Gasteiger partial charge in [0.25, 0.3) is 0 Å². The molecule has 0 N–H and O–H groups in total. The molecule has 96 valence electrons. The molecule has 0 aliphatic rings. The van der Waals surface area contributed by atoms with Gasteiger partial charge in [-0.1, -0.05) is 72.8 Å². The molecule has 0 aliphatic heterocycles. The van der Waals surface area contributed by atoms with Crippen LogP contribution in [0.4, 0.5) is 0 Å². The molecule has 0 amide bonds. The summed E-state index contributed by atoms with van der Waals surface area (Å²) in [5.41, 5.74) is 2.32. The summed E-state index contributed by atoms with van der Waals surface area (Å²) in [6, 6.07) is 27.1. The second-order valence-corrected chi connectivity index (χ2v) is 4.94. The molecular weight excluding hydrogens is 242 g/mol. The highest BCUT2D eigenvalue weighted by molar-refractivity contribution is 5.86. The molecule has 1 nitrogen and oxygen atoms in total. The highest BCUT2D eigenvalue weighted by Crippen LogP contribution is 2.27. The Morgan fingerprint density at radius 2 is 1.50 bits per heavy atom. The van der Waals surface area contributed by atoms with E-state index in [4.69, 9.17) is 0 Å². The molecule has 0 unspecified atom stereocenters. The lowest BCUT2D eigenvalue weighted by Crippen LogP contribution is -2.01. The molecule has 1 heteroatoms. The van der Waals surface area contributed by atoms with Crippen LogP contribution in [0.15, 0.2) is 72.8 Å². The van der Waals surface area contributed by atoms with Crippen molar-refractivity contribution in [3.8, 4) is 6.07 Å². The lowest BCUT2D eigenvalue weighted by atomic mass is 9.89. The van der Waals surface area contributed by atoms with E-state index < -0.39 is 0 Å². The lowest BCUT2D eigenvalue weighted by molar-refractivity contribution is 0.857. The third kappa shape index (κ3) is 2.41. The molecular formula is C19H15N. The summed E-state index contributed by atoms with van der Waals surface area (Å²) < 4.78 is 0. The van der Waals surface area contributed by atoms with Crippen molar-refractivity contribution in [1.82, 2.24) is 0 Å². The maximum absolute atomic E-state index is 9.55. The molecule has 0 aliphatic carbocycles. The fraction of sp³-hybridized carbons (Fsp3) is 0.105. The molecule has 3 aromatic rings. The molecule has 0 aromatic heterocycles. The van der Waals surface area contributed by atoms with Crippen molar-refractivity contribution >= 4 is 10.8 Å². The third-order valence-corrected chi connectivity index (χ3v) is 3.64. The summed E-state index contributed by atoms with van der Waals surface area (Å²) in [6.45, 7) is 0. The summed E-state index contributed by atoms with van der Waals surface area (Å²) in [6.07, 6.45) is 0.755. The first-order valence-corrected chi connectivity index (χ1v) is 6.79. The van der Waals surface area contributed by atoms with E-state index in [1.165, 1.54) is 16.3 Å². The molecule has 0 heterocycles. The van der Waals surface area contributed by atoms with Crippen LogP contribution in [-0.2, 0) is 6.42 Å². The first kappa shape index (κ1) is 12.4. The van der Waals surface area contributed by atoms with E-state index in [-0.39, 0.29) is 5.92 Å². The second-order valence-electron chi connectivity index (χ2n) is 4.94. The van der Waals surface area contributed by atoms with Gasteiger partial charge in [0.15, 0.2) is 0 Å². The zero-order valence-electron chi connectivity index (χ0n) is 11.2. The normalized spacial score (nSPS) is 11.9.